The molecule has 3 aromatic carbocycles. The van der Waals surface area contributed by atoms with Gasteiger partial charge in [0.1, 0.15) is 28.8 Å². The number of halogens is 2. The van der Waals surface area contributed by atoms with Crippen molar-refractivity contribution in [1.29, 1.82) is 0 Å². The third-order valence-corrected chi connectivity index (χ3v) is 7.49. The van der Waals surface area contributed by atoms with E-state index in [0.717, 1.165) is 31.0 Å². The predicted molar refractivity (Wildman–Crippen MR) is 146 cm³/mol. The van der Waals surface area contributed by atoms with Crippen LogP contribution in [0, 0.1) is 11.6 Å². The number of benzene rings is 3. The zero-order valence-electron chi connectivity index (χ0n) is 21.3. The molecule has 1 heterocycles. The molecule has 1 saturated carbocycles. The number of hydrogen-bond acceptors (Lipinski definition) is 6. The molecule has 0 atom stereocenters. The Labute approximate surface area is 229 Å². The van der Waals surface area contributed by atoms with Gasteiger partial charge in [0.05, 0.1) is 24.6 Å². The molecule has 7 nitrogen and oxygen atoms in total. The monoisotopic (exact) mass is 555 g/mol. The van der Waals surface area contributed by atoms with E-state index in [4.69, 9.17) is 14.2 Å². The van der Waals surface area contributed by atoms with Crippen LogP contribution in [0.15, 0.2) is 48.5 Å². The van der Waals surface area contributed by atoms with Crippen LogP contribution in [0.2, 0.25) is 0 Å². The molecule has 1 aliphatic carbocycles. The molecule has 5 rings (SSSR count). The van der Waals surface area contributed by atoms with Gasteiger partial charge in [0.2, 0.25) is 0 Å². The zero-order valence-corrected chi connectivity index (χ0v) is 22.2. The van der Waals surface area contributed by atoms with Crippen molar-refractivity contribution in [3.8, 4) is 34.1 Å². The lowest BCUT2D eigenvalue weighted by Crippen LogP contribution is -2.41. The summed E-state index contributed by atoms with van der Waals surface area (Å²) in [5.41, 5.74) is 2.16. The van der Waals surface area contributed by atoms with Crippen LogP contribution in [-0.2, 0) is 10.2 Å². The van der Waals surface area contributed by atoms with Gasteiger partial charge in [0, 0.05) is 41.6 Å². The first-order valence-corrected chi connectivity index (χ1v) is 12.9. The number of thiol groups is 1. The van der Waals surface area contributed by atoms with E-state index in [1.807, 2.05) is 0 Å². The average Bonchev–Trinajstić information content (AvgIpc) is 3.22. The summed E-state index contributed by atoms with van der Waals surface area (Å²) in [5, 5.41) is 21.1. The Kier molecular flexibility index (Phi) is 7.17. The summed E-state index contributed by atoms with van der Waals surface area (Å²) < 4.78 is 47.6. The molecule has 0 spiro atoms. The highest BCUT2D eigenvalue weighted by atomic mass is 32.1. The molecule has 204 valence electrons. The summed E-state index contributed by atoms with van der Waals surface area (Å²) >= 11 is 4.05. The van der Waals surface area contributed by atoms with Crippen LogP contribution in [0.5, 0.6) is 17.2 Å². The zero-order chi connectivity index (χ0) is 27.9. The van der Waals surface area contributed by atoms with Crippen LogP contribution in [0.25, 0.3) is 27.7 Å². The fourth-order valence-corrected chi connectivity index (χ4v) is 5.72. The number of fused-ring (bicyclic) bond motifs is 1. The Balaban J connectivity index is 1.94. The first-order valence-electron chi connectivity index (χ1n) is 12.3. The van der Waals surface area contributed by atoms with Gasteiger partial charge in [0.25, 0.3) is 0 Å². The van der Waals surface area contributed by atoms with E-state index in [9.17, 15) is 23.8 Å². The molecule has 0 saturated heterocycles. The van der Waals surface area contributed by atoms with Crippen LogP contribution in [0.1, 0.15) is 35.3 Å². The molecule has 4 aromatic rings. The quantitative estimate of drug-likeness (QED) is 0.165. The van der Waals surface area contributed by atoms with E-state index in [0.29, 0.717) is 34.3 Å². The van der Waals surface area contributed by atoms with Gasteiger partial charge in [-0.3, -0.25) is 0 Å². The number of nitrogens with zero attached hydrogens (tertiary/aromatic N) is 1. The third kappa shape index (κ3) is 4.47. The van der Waals surface area contributed by atoms with E-state index < -0.39 is 23.0 Å². The van der Waals surface area contributed by atoms with E-state index in [1.54, 1.807) is 29.9 Å². The molecule has 0 radical (unpaired) electrons. The SMILES string of the molecule is COCC1(c2c(-c3ccc(C(=O)O)c(OC)c3)c3c(O)cc(F)cc3n2-c2ccc(F)c(OCS)c2)CCC1. The lowest BCUT2D eigenvalue weighted by molar-refractivity contribution is 0.0693. The maximum atomic E-state index is 14.8. The van der Waals surface area contributed by atoms with Gasteiger partial charge < -0.3 is 29.0 Å². The minimum atomic E-state index is -1.15. The number of carboxylic acid groups (broad SMARTS) is 1. The van der Waals surface area contributed by atoms with Crippen LogP contribution in [0.4, 0.5) is 8.78 Å². The van der Waals surface area contributed by atoms with Gasteiger partial charge in [-0.2, -0.15) is 0 Å². The fourth-order valence-electron chi connectivity index (χ4n) is 5.58. The maximum Gasteiger partial charge on any atom is 0.339 e. The number of aromatic hydroxyl groups is 1. The lowest BCUT2D eigenvalue weighted by atomic mass is 9.65. The number of rotatable bonds is 9. The number of phenols is 1. The first-order chi connectivity index (χ1) is 18.7. The number of aromatic nitrogens is 1. The van der Waals surface area contributed by atoms with Crippen LogP contribution in [-0.4, -0.2) is 47.5 Å². The molecule has 39 heavy (non-hydrogen) atoms. The molecule has 0 aliphatic heterocycles. The van der Waals surface area contributed by atoms with Crippen molar-refractivity contribution in [2.45, 2.75) is 24.7 Å². The molecule has 0 unspecified atom stereocenters. The second kappa shape index (κ2) is 10.4. The standard InChI is InChI=1S/C29H27F2NO6S/c1-36-14-29(8-3-9-29)27-25(16-4-6-19(28(34)35)23(10-16)37-2)26-21(11-17(30)12-22(26)33)32(27)18-5-7-20(31)24(13-18)38-15-39/h4-7,10-13,33,39H,3,8-9,14-15H2,1-2H3,(H,34,35). The van der Waals surface area contributed by atoms with E-state index in [2.05, 4.69) is 12.6 Å². The first kappa shape index (κ1) is 26.8. The third-order valence-electron chi connectivity index (χ3n) is 7.36. The second-order valence-electron chi connectivity index (χ2n) is 9.55. The summed E-state index contributed by atoms with van der Waals surface area (Å²) in [6.45, 7) is 0.338. The minimum absolute atomic E-state index is 0.0240. The predicted octanol–water partition coefficient (Wildman–Crippen LogP) is 6.32. The summed E-state index contributed by atoms with van der Waals surface area (Å²) in [6, 6.07) is 11.3. The Bertz CT molecular complexity index is 1580. The average molecular weight is 556 g/mol. The molecule has 0 bridgehead atoms. The Morgan fingerprint density at radius 1 is 1.08 bits per heavy atom. The fraction of sp³-hybridized carbons (Fsp3) is 0.276. The van der Waals surface area contributed by atoms with Crippen molar-refractivity contribution in [1.82, 2.24) is 4.57 Å². The van der Waals surface area contributed by atoms with Gasteiger partial charge in [-0.15, -0.1) is 12.6 Å². The van der Waals surface area contributed by atoms with Crippen molar-refractivity contribution in [3.63, 3.8) is 0 Å². The summed E-state index contributed by atoms with van der Waals surface area (Å²) in [6.07, 6.45) is 2.42. The highest BCUT2D eigenvalue weighted by Crippen LogP contribution is 2.53. The molecule has 1 fully saturated rings. The molecular formula is C29H27F2NO6S. The maximum absolute atomic E-state index is 14.8. The van der Waals surface area contributed by atoms with Crippen LogP contribution < -0.4 is 9.47 Å². The Morgan fingerprint density at radius 3 is 2.46 bits per heavy atom. The summed E-state index contributed by atoms with van der Waals surface area (Å²) in [4.78, 5) is 11.8. The Morgan fingerprint density at radius 2 is 1.85 bits per heavy atom. The van der Waals surface area contributed by atoms with Crippen molar-refractivity contribution < 1.29 is 38.0 Å². The summed E-state index contributed by atoms with van der Waals surface area (Å²) in [7, 11) is 2.98. The molecule has 1 aliphatic rings. The second-order valence-corrected chi connectivity index (χ2v) is 9.81. The molecule has 10 heteroatoms. The van der Waals surface area contributed by atoms with Crippen molar-refractivity contribution in [3.05, 3.63) is 71.4 Å². The van der Waals surface area contributed by atoms with Crippen molar-refractivity contribution in [2.24, 2.45) is 0 Å². The van der Waals surface area contributed by atoms with Gasteiger partial charge >= 0.3 is 5.97 Å². The number of hydrogen-bond donors (Lipinski definition) is 3. The number of methoxy groups -OCH3 is 2. The topological polar surface area (TPSA) is 90.2 Å². The van der Waals surface area contributed by atoms with Gasteiger partial charge in [-0.1, -0.05) is 12.5 Å². The smallest absolute Gasteiger partial charge is 0.339 e. The van der Waals surface area contributed by atoms with Gasteiger partial charge in [-0.25, -0.2) is 13.6 Å². The van der Waals surface area contributed by atoms with Crippen molar-refractivity contribution >= 4 is 29.5 Å². The highest BCUT2D eigenvalue weighted by molar-refractivity contribution is 7.80. The molecule has 1 aromatic heterocycles. The Hall–Kier alpha value is -3.76. The number of aromatic carboxylic acids is 1. The van der Waals surface area contributed by atoms with Gasteiger partial charge in [-0.05, 0) is 48.7 Å². The summed E-state index contributed by atoms with van der Waals surface area (Å²) in [5.74, 6) is -2.62. The lowest BCUT2D eigenvalue weighted by Gasteiger charge is -2.43. The molecule has 0 amide bonds. The number of carbonyl (C=O) groups is 1. The number of phenolic OH excluding ortho intramolecular Hbond substituents is 1. The largest absolute Gasteiger partial charge is 0.507 e. The van der Waals surface area contributed by atoms with Crippen molar-refractivity contribution in [2.75, 3.05) is 26.8 Å². The van der Waals surface area contributed by atoms with Gasteiger partial charge in [0.15, 0.2) is 11.6 Å². The molecular weight excluding hydrogens is 528 g/mol. The van der Waals surface area contributed by atoms with E-state index >= 15 is 0 Å². The van der Waals surface area contributed by atoms with Crippen LogP contribution in [0.3, 0.4) is 0 Å². The van der Waals surface area contributed by atoms with E-state index in [-0.39, 0.29) is 28.8 Å². The normalized spacial score (nSPS) is 14.3. The van der Waals surface area contributed by atoms with E-state index in [1.165, 1.54) is 31.4 Å². The molecule has 2 N–H and O–H groups in total. The minimum Gasteiger partial charge on any atom is -0.507 e. The van der Waals surface area contributed by atoms with Crippen LogP contribution >= 0.6 is 12.6 Å². The highest BCUT2D eigenvalue weighted by Gasteiger charge is 2.45. The number of carboxylic acids is 1. The number of ether oxygens (including phenoxy) is 3.